The second-order valence-corrected chi connectivity index (χ2v) is 7.89. The molecule has 1 atom stereocenters. The number of unbranched alkanes of at least 4 members (excludes halogenated alkanes) is 16. The molecule has 0 aromatic carbocycles. The number of carbonyl (C=O) groups is 1. The van der Waals surface area contributed by atoms with E-state index in [2.05, 4.69) is 6.92 Å². The van der Waals surface area contributed by atoms with E-state index in [1.54, 1.807) is 0 Å². The number of hydrogen-bond donors (Lipinski definition) is 2. The van der Waals surface area contributed by atoms with Crippen LogP contribution in [0.3, 0.4) is 0 Å². The van der Waals surface area contributed by atoms with Crippen molar-refractivity contribution in [2.24, 2.45) is 0 Å². The molecular formula is C23H46O4. The van der Waals surface area contributed by atoms with E-state index < -0.39 is 12.9 Å². The molecule has 0 unspecified atom stereocenters. The first-order valence-electron chi connectivity index (χ1n) is 11.6. The molecule has 0 aliphatic rings. The Morgan fingerprint density at radius 1 is 0.704 bits per heavy atom. The maximum atomic E-state index is 11.5. The van der Waals surface area contributed by atoms with Crippen LogP contribution in [0.4, 0.5) is 0 Å². The molecule has 0 radical (unpaired) electrons. The van der Waals surface area contributed by atoms with Gasteiger partial charge in [0.15, 0.2) is 12.1 Å². The minimum atomic E-state index is -1.23. The van der Waals surface area contributed by atoms with Crippen molar-refractivity contribution in [3.8, 4) is 0 Å². The summed E-state index contributed by atoms with van der Waals surface area (Å²) in [5, 5.41) is 17.6. The van der Waals surface area contributed by atoms with E-state index in [0.717, 1.165) is 12.8 Å². The molecule has 0 heterocycles. The summed E-state index contributed by atoms with van der Waals surface area (Å²) in [4.78, 5) is 11.5. The molecular weight excluding hydrogens is 340 g/mol. The predicted octanol–water partition coefficient (Wildman–Crippen LogP) is 5.92. The van der Waals surface area contributed by atoms with Gasteiger partial charge in [-0.05, 0) is 6.42 Å². The first-order valence-corrected chi connectivity index (χ1v) is 11.6. The lowest BCUT2D eigenvalue weighted by Crippen LogP contribution is -2.21. The van der Waals surface area contributed by atoms with Crippen LogP contribution in [0.2, 0.25) is 0 Å². The predicted molar refractivity (Wildman–Crippen MR) is 113 cm³/mol. The molecule has 0 aliphatic heterocycles. The number of ether oxygens (including phenoxy) is 1. The van der Waals surface area contributed by atoms with Crippen LogP contribution in [0.5, 0.6) is 0 Å². The zero-order valence-corrected chi connectivity index (χ0v) is 17.9. The number of hydrogen-bond acceptors (Lipinski definition) is 4. The summed E-state index contributed by atoms with van der Waals surface area (Å²) in [6.07, 6.45) is 21.9. The normalized spacial score (nSPS) is 12.4. The summed E-state index contributed by atoms with van der Waals surface area (Å²) >= 11 is 0. The minimum absolute atomic E-state index is 0.00320. The maximum absolute atomic E-state index is 11.5. The Morgan fingerprint density at radius 3 is 1.44 bits per heavy atom. The van der Waals surface area contributed by atoms with E-state index in [-0.39, 0.29) is 12.4 Å². The smallest absolute Gasteiger partial charge is 0.178 e. The molecule has 0 aromatic rings. The minimum Gasteiger partial charge on any atom is -0.391 e. The molecule has 0 fully saturated rings. The molecule has 4 heteroatoms. The van der Waals surface area contributed by atoms with Gasteiger partial charge in [0.2, 0.25) is 0 Å². The maximum Gasteiger partial charge on any atom is 0.178 e. The van der Waals surface area contributed by atoms with Gasteiger partial charge < -0.3 is 14.9 Å². The molecule has 4 nitrogen and oxygen atoms in total. The third-order valence-corrected chi connectivity index (χ3v) is 5.15. The van der Waals surface area contributed by atoms with Crippen LogP contribution in [-0.2, 0) is 9.53 Å². The largest absolute Gasteiger partial charge is 0.391 e. The van der Waals surface area contributed by atoms with Gasteiger partial charge in [-0.25, -0.2) is 0 Å². The fourth-order valence-corrected chi connectivity index (χ4v) is 3.36. The fraction of sp³-hybridized carbons (Fsp3) is 0.957. The Bertz CT molecular complexity index is 307. The molecule has 0 amide bonds. The molecule has 27 heavy (non-hydrogen) atoms. The van der Waals surface area contributed by atoms with E-state index in [9.17, 15) is 4.79 Å². The van der Waals surface area contributed by atoms with Crippen molar-refractivity contribution in [2.75, 3.05) is 13.2 Å². The number of aliphatic hydroxyl groups is 2. The van der Waals surface area contributed by atoms with Crippen LogP contribution in [-0.4, -0.2) is 35.5 Å². The number of ketones is 1. The van der Waals surface area contributed by atoms with Gasteiger partial charge in [-0.15, -0.1) is 0 Å². The molecule has 0 aliphatic carbocycles. The van der Waals surface area contributed by atoms with Gasteiger partial charge in [0.25, 0.3) is 0 Å². The molecule has 0 rings (SSSR count). The van der Waals surface area contributed by atoms with Crippen molar-refractivity contribution in [2.45, 2.75) is 129 Å². The van der Waals surface area contributed by atoms with Crippen molar-refractivity contribution in [3.63, 3.8) is 0 Å². The Kier molecular flexibility index (Phi) is 21.5. The quantitative estimate of drug-likeness (QED) is 0.179. The SMILES string of the molecule is CCCCCCCCCCCCCCCCCCCC(=O)CO[C@@H](O)CO. The number of carbonyl (C=O) groups excluding carboxylic acids is 1. The Hall–Kier alpha value is -0.450. The van der Waals surface area contributed by atoms with Crippen LogP contribution in [0.1, 0.15) is 122 Å². The van der Waals surface area contributed by atoms with Crippen molar-refractivity contribution in [1.82, 2.24) is 0 Å². The highest BCUT2D eigenvalue weighted by Crippen LogP contribution is 2.14. The molecule has 0 saturated carbocycles. The van der Waals surface area contributed by atoms with Gasteiger partial charge in [0.05, 0.1) is 6.61 Å². The van der Waals surface area contributed by atoms with E-state index in [4.69, 9.17) is 14.9 Å². The summed E-state index contributed by atoms with van der Waals surface area (Å²) in [5.41, 5.74) is 0. The van der Waals surface area contributed by atoms with Crippen molar-refractivity contribution < 1.29 is 19.7 Å². The van der Waals surface area contributed by atoms with E-state index in [0.29, 0.717) is 6.42 Å². The monoisotopic (exact) mass is 386 g/mol. The van der Waals surface area contributed by atoms with Gasteiger partial charge in [0, 0.05) is 6.42 Å². The van der Waals surface area contributed by atoms with Crippen LogP contribution in [0.25, 0.3) is 0 Å². The van der Waals surface area contributed by atoms with E-state index in [1.165, 1.54) is 96.3 Å². The molecule has 0 aromatic heterocycles. The number of Topliss-reactive ketones (excluding diaryl/α,β-unsaturated/α-hetero) is 1. The average Bonchev–Trinajstić information content (AvgIpc) is 2.68. The van der Waals surface area contributed by atoms with Gasteiger partial charge >= 0.3 is 0 Å². The summed E-state index contributed by atoms with van der Waals surface area (Å²) in [5.74, 6) is 0.00320. The van der Waals surface area contributed by atoms with E-state index >= 15 is 0 Å². The van der Waals surface area contributed by atoms with Crippen LogP contribution in [0, 0.1) is 0 Å². The average molecular weight is 387 g/mol. The summed E-state index contributed by atoms with van der Waals surface area (Å²) in [7, 11) is 0. The van der Waals surface area contributed by atoms with Crippen LogP contribution >= 0.6 is 0 Å². The topological polar surface area (TPSA) is 66.8 Å². The van der Waals surface area contributed by atoms with Gasteiger partial charge in [-0.1, -0.05) is 110 Å². The highest BCUT2D eigenvalue weighted by atomic mass is 16.6. The Labute approximate surface area is 168 Å². The lowest BCUT2D eigenvalue weighted by atomic mass is 10.0. The summed E-state index contributed by atoms with van der Waals surface area (Å²) in [6, 6.07) is 0. The van der Waals surface area contributed by atoms with Crippen molar-refractivity contribution >= 4 is 5.78 Å². The Morgan fingerprint density at radius 2 is 1.07 bits per heavy atom. The van der Waals surface area contributed by atoms with E-state index in [1.807, 2.05) is 0 Å². The molecule has 162 valence electrons. The van der Waals surface area contributed by atoms with Gasteiger partial charge in [-0.3, -0.25) is 4.79 Å². The first-order chi connectivity index (χ1) is 13.2. The third-order valence-electron chi connectivity index (χ3n) is 5.15. The Balaban J connectivity index is 3.11. The molecule has 2 N–H and O–H groups in total. The molecule has 0 saturated heterocycles. The highest BCUT2D eigenvalue weighted by molar-refractivity contribution is 5.79. The third kappa shape index (κ3) is 21.7. The zero-order chi connectivity index (χ0) is 20.0. The lowest BCUT2D eigenvalue weighted by Gasteiger charge is -2.07. The fourth-order valence-electron chi connectivity index (χ4n) is 3.36. The van der Waals surface area contributed by atoms with Crippen LogP contribution < -0.4 is 0 Å². The standard InChI is InChI=1S/C23H46O4/c1-2-3-4-5-6-7-8-9-10-11-12-13-14-15-16-17-18-19-22(25)21-27-23(26)20-24/h23-24,26H,2-21H2,1H3/t23-/m1/s1. The molecule has 0 bridgehead atoms. The summed E-state index contributed by atoms with van der Waals surface area (Å²) < 4.78 is 4.79. The summed E-state index contributed by atoms with van der Waals surface area (Å²) in [6.45, 7) is 1.71. The number of aliphatic hydroxyl groups excluding tert-OH is 2. The van der Waals surface area contributed by atoms with Crippen molar-refractivity contribution in [1.29, 1.82) is 0 Å². The highest BCUT2D eigenvalue weighted by Gasteiger charge is 2.06. The van der Waals surface area contributed by atoms with Gasteiger partial charge in [-0.2, -0.15) is 0 Å². The van der Waals surface area contributed by atoms with Gasteiger partial charge in [0.1, 0.15) is 6.61 Å². The second-order valence-electron chi connectivity index (χ2n) is 7.89. The number of rotatable bonds is 22. The van der Waals surface area contributed by atoms with Crippen LogP contribution in [0.15, 0.2) is 0 Å². The lowest BCUT2D eigenvalue weighted by molar-refractivity contribution is -0.147. The first kappa shape index (κ1) is 26.6. The van der Waals surface area contributed by atoms with Crippen molar-refractivity contribution in [3.05, 3.63) is 0 Å². The zero-order valence-electron chi connectivity index (χ0n) is 17.9. The second kappa shape index (κ2) is 21.8. The molecule has 0 spiro atoms.